The van der Waals surface area contributed by atoms with E-state index in [0.717, 1.165) is 45.7 Å². The molecule has 180 valence electrons. The molecule has 0 unspecified atom stereocenters. The number of hydrogen-bond donors (Lipinski definition) is 2. The number of nitrogens with zero attached hydrogens (tertiary/aromatic N) is 4. The van der Waals surface area contributed by atoms with Crippen LogP contribution in [0, 0.1) is 6.92 Å². The summed E-state index contributed by atoms with van der Waals surface area (Å²) in [6, 6.07) is 17.0. The Balaban J connectivity index is 1.52. The first-order valence-electron chi connectivity index (χ1n) is 11.1. The Bertz CT molecular complexity index is 1400. The third-order valence-electron chi connectivity index (χ3n) is 5.58. The number of anilines is 2. The molecule has 0 atom stereocenters. The van der Waals surface area contributed by atoms with Crippen LogP contribution >= 0.6 is 39.7 Å². The van der Waals surface area contributed by atoms with Crippen molar-refractivity contribution in [2.24, 2.45) is 0 Å². The number of aryl methyl sites for hydroxylation is 1. The second-order valence-corrected chi connectivity index (χ2v) is 9.60. The van der Waals surface area contributed by atoms with Gasteiger partial charge in [0, 0.05) is 28.9 Å². The van der Waals surface area contributed by atoms with Gasteiger partial charge in [-0.05, 0) is 93.1 Å². The molecule has 0 radical (unpaired) electrons. The lowest BCUT2D eigenvalue weighted by atomic mass is 10.2. The highest BCUT2D eigenvalue weighted by Crippen LogP contribution is 2.24. The van der Waals surface area contributed by atoms with E-state index in [2.05, 4.69) is 67.6 Å². The smallest absolute Gasteiger partial charge is 0.258 e. The molecular formula is C25H24BrClN6OS. The summed E-state index contributed by atoms with van der Waals surface area (Å²) in [5.74, 6) is -0.397. The summed E-state index contributed by atoms with van der Waals surface area (Å²) in [5.41, 5.74) is 5.47. The van der Waals surface area contributed by atoms with Crippen molar-refractivity contribution in [3.05, 3.63) is 75.2 Å². The summed E-state index contributed by atoms with van der Waals surface area (Å²) in [6.07, 6.45) is 0. The van der Waals surface area contributed by atoms with Gasteiger partial charge in [-0.2, -0.15) is 4.80 Å². The molecular weight excluding hydrogens is 548 g/mol. The minimum atomic E-state index is -0.397. The predicted octanol–water partition coefficient (Wildman–Crippen LogP) is 6.12. The van der Waals surface area contributed by atoms with Gasteiger partial charge in [0.15, 0.2) is 5.11 Å². The number of fused-ring (bicyclic) bond motifs is 1. The summed E-state index contributed by atoms with van der Waals surface area (Å²) >= 11 is 14.9. The fourth-order valence-electron chi connectivity index (χ4n) is 3.70. The molecule has 4 aromatic rings. The number of nitrogens with one attached hydrogen (secondary N) is 2. The Morgan fingerprint density at radius 3 is 2.37 bits per heavy atom. The second-order valence-electron chi connectivity index (χ2n) is 7.87. The van der Waals surface area contributed by atoms with Gasteiger partial charge in [-0.25, -0.2) is 0 Å². The van der Waals surface area contributed by atoms with E-state index in [9.17, 15) is 4.79 Å². The lowest BCUT2D eigenvalue weighted by Gasteiger charge is -2.20. The zero-order chi connectivity index (χ0) is 25.1. The summed E-state index contributed by atoms with van der Waals surface area (Å²) in [4.78, 5) is 16.5. The standard InChI is InChI=1S/C25H24BrClN6OS/c1-4-32(5-2)17-7-9-18(10-8-17)33-30-22-12-15(3)21(14-23(22)31-33)28-25(35)29-24(34)19-13-16(26)6-11-20(19)27/h6-14H,4-5H2,1-3H3,(H2,28,29,34,35). The van der Waals surface area contributed by atoms with Crippen molar-refractivity contribution in [2.75, 3.05) is 23.3 Å². The van der Waals surface area contributed by atoms with Crippen molar-refractivity contribution in [2.45, 2.75) is 20.8 Å². The fraction of sp³-hybridized carbons (Fsp3) is 0.200. The third-order valence-corrected chi connectivity index (χ3v) is 6.61. The van der Waals surface area contributed by atoms with Gasteiger partial charge in [-0.1, -0.05) is 27.5 Å². The normalized spacial score (nSPS) is 10.9. The number of carbonyl (C=O) groups excluding carboxylic acids is 1. The van der Waals surface area contributed by atoms with E-state index in [1.807, 2.05) is 31.2 Å². The van der Waals surface area contributed by atoms with Crippen LogP contribution in [0.4, 0.5) is 11.4 Å². The Kier molecular flexibility index (Phi) is 7.69. The van der Waals surface area contributed by atoms with Crippen molar-refractivity contribution in [3.8, 4) is 5.69 Å². The Morgan fingerprint density at radius 2 is 1.71 bits per heavy atom. The monoisotopic (exact) mass is 570 g/mol. The van der Waals surface area contributed by atoms with Crippen LogP contribution < -0.4 is 15.5 Å². The second kappa shape index (κ2) is 10.7. The summed E-state index contributed by atoms with van der Waals surface area (Å²) < 4.78 is 0.748. The molecule has 0 saturated heterocycles. The number of thiocarbonyl (C=S) groups is 1. The van der Waals surface area contributed by atoms with Gasteiger partial charge in [0.25, 0.3) is 5.91 Å². The zero-order valence-corrected chi connectivity index (χ0v) is 22.6. The molecule has 0 aliphatic carbocycles. The van der Waals surface area contributed by atoms with Gasteiger partial charge in [0.2, 0.25) is 0 Å². The lowest BCUT2D eigenvalue weighted by Crippen LogP contribution is -2.34. The number of halogens is 2. The van der Waals surface area contributed by atoms with Gasteiger partial charge in [0.1, 0.15) is 11.0 Å². The Labute approximate surface area is 222 Å². The van der Waals surface area contributed by atoms with Crippen LogP contribution in [0.2, 0.25) is 5.02 Å². The molecule has 0 saturated carbocycles. The molecule has 35 heavy (non-hydrogen) atoms. The maximum atomic E-state index is 12.6. The first kappa shape index (κ1) is 25.1. The van der Waals surface area contributed by atoms with E-state index in [-0.39, 0.29) is 5.11 Å². The summed E-state index contributed by atoms with van der Waals surface area (Å²) in [6.45, 7) is 8.12. The van der Waals surface area contributed by atoms with Crippen LogP contribution in [0.5, 0.6) is 0 Å². The average molecular weight is 572 g/mol. The van der Waals surface area contributed by atoms with E-state index < -0.39 is 5.91 Å². The molecule has 0 fully saturated rings. The highest BCUT2D eigenvalue weighted by molar-refractivity contribution is 9.10. The Morgan fingerprint density at radius 1 is 1.06 bits per heavy atom. The van der Waals surface area contributed by atoms with Crippen molar-refractivity contribution < 1.29 is 4.79 Å². The van der Waals surface area contributed by atoms with Gasteiger partial charge < -0.3 is 10.2 Å². The van der Waals surface area contributed by atoms with Crippen molar-refractivity contribution in [1.82, 2.24) is 20.3 Å². The third kappa shape index (κ3) is 5.63. The van der Waals surface area contributed by atoms with Crippen LogP contribution in [0.15, 0.2) is 59.1 Å². The number of benzene rings is 3. The molecule has 7 nitrogen and oxygen atoms in total. The van der Waals surface area contributed by atoms with Gasteiger partial charge in [-0.15, -0.1) is 10.2 Å². The molecule has 0 aliphatic rings. The molecule has 1 amide bonds. The van der Waals surface area contributed by atoms with E-state index in [0.29, 0.717) is 16.1 Å². The molecule has 1 heterocycles. The quantitative estimate of drug-likeness (QED) is 0.272. The summed E-state index contributed by atoms with van der Waals surface area (Å²) in [5, 5.41) is 15.5. The zero-order valence-electron chi connectivity index (χ0n) is 19.5. The highest BCUT2D eigenvalue weighted by atomic mass is 79.9. The van der Waals surface area contributed by atoms with Crippen molar-refractivity contribution in [3.63, 3.8) is 0 Å². The van der Waals surface area contributed by atoms with E-state index >= 15 is 0 Å². The van der Waals surface area contributed by atoms with Gasteiger partial charge in [0.05, 0.1) is 16.3 Å². The maximum absolute atomic E-state index is 12.6. The minimum Gasteiger partial charge on any atom is -0.372 e. The van der Waals surface area contributed by atoms with E-state index in [1.165, 1.54) is 0 Å². The van der Waals surface area contributed by atoms with E-state index in [1.54, 1.807) is 23.0 Å². The van der Waals surface area contributed by atoms with Crippen molar-refractivity contribution >= 4 is 73.2 Å². The average Bonchev–Trinajstić information content (AvgIpc) is 3.24. The van der Waals surface area contributed by atoms with Crippen molar-refractivity contribution in [1.29, 1.82) is 0 Å². The molecule has 10 heteroatoms. The van der Waals surface area contributed by atoms with Crippen LogP contribution in [-0.4, -0.2) is 39.1 Å². The number of aromatic nitrogens is 3. The van der Waals surface area contributed by atoms with Gasteiger partial charge in [-0.3, -0.25) is 10.1 Å². The molecule has 0 spiro atoms. The highest BCUT2D eigenvalue weighted by Gasteiger charge is 2.14. The number of amides is 1. The lowest BCUT2D eigenvalue weighted by molar-refractivity contribution is 0.0978. The minimum absolute atomic E-state index is 0.160. The van der Waals surface area contributed by atoms with Crippen LogP contribution in [0.3, 0.4) is 0 Å². The van der Waals surface area contributed by atoms with Gasteiger partial charge >= 0.3 is 0 Å². The SMILES string of the molecule is CCN(CC)c1ccc(-n2nc3cc(C)c(NC(=S)NC(=O)c4cc(Br)ccc4Cl)cc3n2)cc1. The molecule has 4 rings (SSSR count). The molecule has 0 bridgehead atoms. The molecule has 2 N–H and O–H groups in total. The first-order valence-corrected chi connectivity index (χ1v) is 12.7. The first-order chi connectivity index (χ1) is 16.8. The van der Waals surface area contributed by atoms with Crippen LogP contribution in [0.1, 0.15) is 29.8 Å². The van der Waals surface area contributed by atoms with E-state index in [4.69, 9.17) is 23.8 Å². The van der Waals surface area contributed by atoms with Crippen LogP contribution in [0.25, 0.3) is 16.7 Å². The molecule has 0 aliphatic heterocycles. The maximum Gasteiger partial charge on any atom is 0.258 e. The predicted molar refractivity (Wildman–Crippen MR) is 150 cm³/mol. The topological polar surface area (TPSA) is 75.1 Å². The Hall–Kier alpha value is -3.01. The molecule has 1 aromatic heterocycles. The largest absolute Gasteiger partial charge is 0.372 e. The number of hydrogen-bond acceptors (Lipinski definition) is 5. The number of carbonyl (C=O) groups is 1. The number of rotatable bonds is 6. The fourth-order valence-corrected chi connectivity index (χ4v) is 4.47. The molecule has 3 aromatic carbocycles. The summed E-state index contributed by atoms with van der Waals surface area (Å²) in [7, 11) is 0. The van der Waals surface area contributed by atoms with Crippen LogP contribution in [-0.2, 0) is 0 Å².